The Bertz CT molecular complexity index is 327. The van der Waals surface area contributed by atoms with Gasteiger partial charge in [0.1, 0.15) is 0 Å². The highest BCUT2D eigenvalue weighted by atomic mass is 16.4. The Labute approximate surface area is 95.9 Å². The van der Waals surface area contributed by atoms with E-state index in [9.17, 15) is 4.79 Å². The van der Waals surface area contributed by atoms with Crippen molar-refractivity contribution in [3.63, 3.8) is 0 Å². The lowest BCUT2D eigenvalue weighted by Crippen LogP contribution is -2.25. The largest absolute Gasteiger partial charge is 0.481 e. The molecule has 4 heteroatoms. The van der Waals surface area contributed by atoms with E-state index in [1.54, 1.807) is 6.20 Å². The molecule has 0 aliphatic carbocycles. The Morgan fingerprint density at radius 1 is 1.62 bits per heavy atom. The highest BCUT2D eigenvalue weighted by Crippen LogP contribution is 2.07. The average molecular weight is 222 g/mol. The Hall–Kier alpha value is -1.42. The van der Waals surface area contributed by atoms with Crippen molar-refractivity contribution >= 4 is 5.97 Å². The van der Waals surface area contributed by atoms with Gasteiger partial charge in [-0.1, -0.05) is 13.0 Å². The fraction of sp³-hybridized carbons (Fsp3) is 0.500. The summed E-state index contributed by atoms with van der Waals surface area (Å²) in [6.07, 6.45) is 3.80. The summed E-state index contributed by atoms with van der Waals surface area (Å²) in [7, 11) is 1.99. The molecule has 4 nitrogen and oxygen atoms in total. The van der Waals surface area contributed by atoms with Crippen LogP contribution in [0.2, 0.25) is 0 Å². The van der Waals surface area contributed by atoms with Crippen molar-refractivity contribution in [3.8, 4) is 0 Å². The van der Waals surface area contributed by atoms with Crippen molar-refractivity contribution in [2.45, 2.75) is 19.9 Å². The molecule has 0 saturated carbocycles. The van der Waals surface area contributed by atoms with Crippen LogP contribution in [-0.2, 0) is 11.3 Å². The van der Waals surface area contributed by atoms with E-state index < -0.39 is 5.97 Å². The number of aliphatic carboxylic acids is 1. The van der Waals surface area contributed by atoms with Crippen LogP contribution in [0.15, 0.2) is 24.5 Å². The van der Waals surface area contributed by atoms with E-state index in [-0.39, 0.29) is 12.3 Å². The second-order valence-electron chi connectivity index (χ2n) is 4.26. The molecule has 0 bridgehead atoms. The zero-order chi connectivity index (χ0) is 12.0. The van der Waals surface area contributed by atoms with Crippen LogP contribution in [0.3, 0.4) is 0 Å². The number of carboxylic acids is 1. The normalized spacial score (nSPS) is 12.7. The van der Waals surface area contributed by atoms with E-state index in [0.29, 0.717) is 0 Å². The van der Waals surface area contributed by atoms with Gasteiger partial charge in [-0.15, -0.1) is 0 Å². The molecule has 1 atom stereocenters. The van der Waals surface area contributed by atoms with E-state index in [1.807, 2.05) is 32.3 Å². The predicted octanol–water partition coefficient (Wildman–Crippen LogP) is 1.62. The van der Waals surface area contributed by atoms with Crippen molar-refractivity contribution < 1.29 is 9.90 Å². The topological polar surface area (TPSA) is 53.4 Å². The molecule has 0 saturated heterocycles. The number of rotatable bonds is 6. The van der Waals surface area contributed by atoms with Crippen molar-refractivity contribution in [1.82, 2.24) is 9.88 Å². The molecule has 0 spiro atoms. The van der Waals surface area contributed by atoms with Gasteiger partial charge >= 0.3 is 5.97 Å². The van der Waals surface area contributed by atoms with Gasteiger partial charge in [0.25, 0.3) is 0 Å². The first-order chi connectivity index (χ1) is 7.58. The van der Waals surface area contributed by atoms with E-state index in [4.69, 9.17) is 5.11 Å². The molecule has 0 amide bonds. The van der Waals surface area contributed by atoms with Crippen LogP contribution in [-0.4, -0.2) is 34.6 Å². The first kappa shape index (κ1) is 12.6. The summed E-state index contributed by atoms with van der Waals surface area (Å²) in [4.78, 5) is 16.7. The Morgan fingerprint density at radius 3 is 2.94 bits per heavy atom. The zero-order valence-electron chi connectivity index (χ0n) is 9.76. The molecule has 1 rings (SSSR count). The lowest BCUT2D eigenvalue weighted by Gasteiger charge is -2.20. The molecule has 0 fully saturated rings. The minimum Gasteiger partial charge on any atom is -0.481 e. The quantitative estimate of drug-likeness (QED) is 0.794. The molecule has 1 unspecified atom stereocenters. The first-order valence-corrected chi connectivity index (χ1v) is 5.37. The molecule has 0 aliphatic rings. The van der Waals surface area contributed by atoms with Gasteiger partial charge in [-0.2, -0.15) is 0 Å². The lowest BCUT2D eigenvalue weighted by atomic mass is 10.1. The van der Waals surface area contributed by atoms with Gasteiger partial charge in [-0.05, 0) is 24.6 Å². The third kappa shape index (κ3) is 4.89. The molecule has 0 aromatic carbocycles. The maximum Gasteiger partial charge on any atom is 0.303 e. The molecule has 0 aliphatic heterocycles. The van der Waals surface area contributed by atoms with Crippen LogP contribution in [0.4, 0.5) is 0 Å². The summed E-state index contributed by atoms with van der Waals surface area (Å²) in [6, 6.07) is 3.93. The fourth-order valence-corrected chi connectivity index (χ4v) is 1.76. The Kier molecular flexibility index (Phi) is 4.92. The standard InChI is InChI=1S/C12H18N2O2/c1-10(6-12(15)16)8-14(2)9-11-4-3-5-13-7-11/h3-5,7,10H,6,8-9H2,1-2H3,(H,15,16). The number of nitrogens with zero attached hydrogens (tertiary/aromatic N) is 2. The van der Waals surface area contributed by atoms with Gasteiger partial charge in [0.2, 0.25) is 0 Å². The SMILES string of the molecule is CC(CC(=O)O)CN(C)Cc1cccnc1. The molecule has 16 heavy (non-hydrogen) atoms. The summed E-state index contributed by atoms with van der Waals surface area (Å²) < 4.78 is 0. The van der Waals surface area contributed by atoms with Gasteiger partial charge in [0.15, 0.2) is 0 Å². The predicted molar refractivity (Wildman–Crippen MR) is 62.0 cm³/mol. The van der Waals surface area contributed by atoms with Crippen LogP contribution in [0, 0.1) is 5.92 Å². The molecular weight excluding hydrogens is 204 g/mol. The fourth-order valence-electron chi connectivity index (χ4n) is 1.76. The molecule has 1 N–H and O–H groups in total. The average Bonchev–Trinajstić information content (AvgIpc) is 2.17. The molecule has 0 radical (unpaired) electrons. The van der Waals surface area contributed by atoms with Gasteiger partial charge in [0, 0.05) is 31.9 Å². The third-order valence-corrected chi connectivity index (χ3v) is 2.32. The van der Waals surface area contributed by atoms with Gasteiger partial charge in [-0.25, -0.2) is 0 Å². The number of aromatic nitrogens is 1. The van der Waals surface area contributed by atoms with Crippen LogP contribution in [0.1, 0.15) is 18.9 Å². The number of pyridine rings is 1. The maximum absolute atomic E-state index is 10.5. The minimum atomic E-state index is -0.734. The zero-order valence-corrected chi connectivity index (χ0v) is 9.76. The van der Waals surface area contributed by atoms with E-state index >= 15 is 0 Å². The highest BCUT2D eigenvalue weighted by molar-refractivity contribution is 5.66. The van der Waals surface area contributed by atoms with Gasteiger partial charge in [-0.3, -0.25) is 9.78 Å². The van der Waals surface area contributed by atoms with Gasteiger partial charge in [0.05, 0.1) is 0 Å². The first-order valence-electron chi connectivity index (χ1n) is 5.37. The summed E-state index contributed by atoms with van der Waals surface area (Å²) in [5.74, 6) is -0.568. The van der Waals surface area contributed by atoms with Gasteiger partial charge < -0.3 is 10.0 Å². The minimum absolute atomic E-state index is 0.166. The summed E-state index contributed by atoms with van der Waals surface area (Å²) in [6.45, 7) is 3.53. The van der Waals surface area contributed by atoms with Crippen molar-refractivity contribution in [1.29, 1.82) is 0 Å². The highest BCUT2D eigenvalue weighted by Gasteiger charge is 2.10. The molecule has 1 aromatic heterocycles. The van der Waals surface area contributed by atoms with E-state index in [2.05, 4.69) is 9.88 Å². The summed E-state index contributed by atoms with van der Waals surface area (Å²) >= 11 is 0. The number of carboxylic acid groups (broad SMARTS) is 1. The maximum atomic E-state index is 10.5. The molecule has 1 aromatic rings. The number of hydrogen-bond acceptors (Lipinski definition) is 3. The molecule has 88 valence electrons. The molecule has 1 heterocycles. The Morgan fingerprint density at radius 2 is 2.38 bits per heavy atom. The monoisotopic (exact) mass is 222 g/mol. The lowest BCUT2D eigenvalue weighted by molar-refractivity contribution is -0.138. The van der Waals surface area contributed by atoms with Crippen LogP contribution < -0.4 is 0 Å². The molecular formula is C12H18N2O2. The third-order valence-electron chi connectivity index (χ3n) is 2.32. The number of carbonyl (C=O) groups is 1. The number of hydrogen-bond donors (Lipinski definition) is 1. The van der Waals surface area contributed by atoms with Crippen LogP contribution in [0.5, 0.6) is 0 Å². The summed E-state index contributed by atoms with van der Waals surface area (Å²) in [5, 5.41) is 8.66. The van der Waals surface area contributed by atoms with Crippen LogP contribution >= 0.6 is 0 Å². The van der Waals surface area contributed by atoms with Crippen molar-refractivity contribution in [2.24, 2.45) is 5.92 Å². The van der Waals surface area contributed by atoms with Crippen molar-refractivity contribution in [2.75, 3.05) is 13.6 Å². The summed E-state index contributed by atoms with van der Waals surface area (Å²) in [5.41, 5.74) is 1.15. The van der Waals surface area contributed by atoms with Crippen LogP contribution in [0.25, 0.3) is 0 Å². The van der Waals surface area contributed by atoms with E-state index in [0.717, 1.165) is 18.7 Å². The second-order valence-corrected chi connectivity index (χ2v) is 4.26. The van der Waals surface area contributed by atoms with E-state index in [1.165, 1.54) is 0 Å². The smallest absolute Gasteiger partial charge is 0.303 e. The Balaban J connectivity index is 2.36. The van der Waals surface area contributed by atoms with Crippen molar-refractivity contribution in [3.05, 3.63) is 30.1 Å². The second kappa shape index (κ2) is 6.23.